The molecule has 1 aromatic rings. The largest absolute Gasteiger partial charge is 0.396 e. The number of aliphatic hydroxyl groups excluding tert-OH is 1. The molecule has 0 bridgehead atoms. The van der Waals surface area contributed by atoms with Gasteiger partial charge in [-0.3, -0.25) is 0 Å². The molecule has 0 aliphatic carbocycles. The maximum atomic E-state index is 10.1. The highest BCUT2D eigenvalue weighted by Gasteiger charge is 2.39. The lowest BCUT2D eigenvalue weighted by atomic mass is 9.61. The summed E-state index contributed by atoms with van der Waals surface area (Å²) in [6.07, 6.45) is 0.997. The summed E-state index contributed by atoms with van der Waals surface area (Å²) in [6, 6.07) is 10.7. The Hall–Kier alpha value is -0.643. The summed E-state index contributed by atoms with van der Waals surface area (Å²) < 4.78 is 5.64. The monoisotopic (exact) mass is 322 g/mol. The summed E-state index contributed by atoms with van der Waals surface area (Å²) in [6.45, 7) is 15.7. The van der Waals surface area contributed by atoms with E-state index in [1.807, 2.05) is 0 Å². The molecule has 3 atom stereocenters. The first-order chi connectivity index (χ1) is 10.1. The van der Waals surface area contributed by atoms with Gasteiger partial charge in [0.15, 0.2) is 9.04 Å². The van der Waals surface area contributed by atoms with Crippen LogP contribution in [0.4, 0.5) is 0 Å². The number of hydrogen-bond acceptors (Lipinski definition) is 2. The summed E-state index contributed by atoms with van der Waals surface area (Å²) in [7, 11) is -1.20. The van der Waals surface area contributed by atoms with Crippen molar-refractivity contribution >= 4 is 9.04 Å². The third-order valence-corrected chi connectivity index (χ3v) is 5.89. The van der Waals surface area contributed by atoms with E-state index in [1.165, 1.54) is 5.56 Å². The van der Waals surface area contributed by atoms with Crippen molar-refractivity contribution in [2.45, 2.75) is 72.3 Å². The van der Waals surface area contributed by atoms with Crippen molar-refractivity contribution in [1.29, 1.82) is 0 Å². The average molecular weight is 323 g/mol. The molecule has 126 valence electrons. The first-order valence-electron chi connectivity index (χ1n) is 8.46. The topological polar surface area (TPSA) is 29.5 Å². The van der Waals surface area contributed by atoms with Gasteiger partial charge in [-0.05, 0) is 48.2 Å². The van der Waals surface area contributed by atoms with E-state index in [0.717, 1.165) is 6.42 Å². The minimum Gasteiger partial charge on any atom is -0.396 e. The molecule has 0 fully saturated rings. The van der Waals surface area contributed by atoms with E-state index in [4.69, 9.17) is 4.43 Å². The summed E-state index contributed by atoms with van der Waals surface area (Å²) in [4.78, 5) is 0. The summed E-state index contributed by atoms with van der Waals surface area (Å²) in [5.74, 6) is 0.492. The molecule has 0 aliphatic rings. The van der Waals surface area contributed by atoms with Crippen LogP contribution in [0.1, 0.15) is 53.0 Å². The zero-order chi connectivity index (χ0) is 17.0. The molecule has 1 rings (SSSR count). The summed E-state index contributed by atoms with van der Waals surface area (Å²) in [5.41, 5.74) is 1.59. The number of aliphatic hydroxyl groups is 1. The van der Waals surface area contributed by atoms with Crippen LogP contribution < -0.4 is 0 Å². The molecule has 3 heteroatoms. The van der Waals surface area contributed by atoms with Crippen molar-refractivity contribution in [2.24, 2.45) is 11.3 Å². The predicted octanol–water partition coefficient (Wildman–Crippen LogP) is 4.73. The van der Waals surface area contributed by atoms with Crippen LogP contribution >= 0.6 is 0 Å². The Balaban J connectivity index is 2.98. The normalized spacial score (nSPS) is 18.0. The molecular weight excluding hydrogens is 288 g/mol. The van der Waals surface area contributed by atoms with Gasteiger partial charge < -0.3 is 9.53 Å². The molecule has 0 aromatic heterocycles. The van der Waals surface area contributed by atoms with Crippen LogP contribution in [0.15, 0.2) is 30.3 Å². The van der Waals surface area contributed by atoms with E-state index >= 15 is 0 Å². The lowest BCUT2D eigenvalue weighted by Crippen LogP contribution is -2.39. The fourth-order valence-electron chi connectivity index (χ4n) is 3.19. The van der Waals surface area contributed by atoms with Gasteiger partial charge in [0.05, 0.1) is 0 Å². The van der Waals surface area contributed by atoms with Gasteiger partial charge in [-0.2, -0.15) is 0 Å². The smallest absolute Gasteiger partial charge is 0.174 e. The fourth-order valence-corrected chi connectivity index (χ4v) is 3.96. The third-order valence-electron chi connectivity index (χ3n) is 5.03. The molecular formula is C19H34O2Si. The number of rotatable bonds is 7. The second kappa shape index (κ2) is 7.76. The number of benzene rings is 1. The van der Waals surface area contributed by atoms with Crippen LogP contribution in [0.25, 0.3) is 0 Å². The highest BCUT2D eigenvalue weighted by Crippen LogP contribution is 2.45. The molecule has 0 spiro atoms. The SMILES string of the molecule is CC(C(C)(C)C)[C@](C)(CCC(O)O[SiH](C)C)c1ccccc1. The van der Waals surface area contributed by atoms with Crippen LogP contribution in [0, 0.1) is 11.3 Å². The molecule has 0 heterocycles. The lowest BCUT2D eigenvalue weighted by molar-refractivity contribution is -0.0340. The van der Waals surface area contributed by atoms with Crippen LogP contribution in [-0.4, -0.2) is 20.4 Å². The zero-order valence-electron chi connectivity index (χ0n) is 15.4. The Morgan fingerprint density at radius 2 is 1.64 bits per heavy atom. The molecule has 0 saturated heterocycles. The van der Waals surface area contributed by atoms with Gasteiger partial charge >= 0.3 is 0 Å². The van der Waals surface area contributed by atoms with Crippen molar-refractivity contribution in [1.82, 2.24) is 0 Å². The van der Waals surface area contributed by atoms with Gasteiger partial charge in [0.2, 0.25) is 0 Å². The lowest BCUT2D eigenvalue weighted by Gasteiger charge is -2.44. The molecule has 0 amide bonds. The summed E-state index contributed by atoms with van der Waals surface area (Å²) >= 11 is 0. The van der Waals surface area contributed by atoms with Gasteiger partial charge in [-0.15, -0.1) is 0 Å². The Kier molecular flexibility index (Phi) is 6.84. The van der Waals surface area contributed by atoms with Gasteiger partial charge in [0, 0.05) is 0 Å². The van der Waals surface area contributed by atoms with E-state index in [-0.39, 0.29) is 10.8 Å². The van der Waals surface area contributed by atoms with E-state index in [9.17, 15) is 5.11 Å². The average Bonchev–Trinajstić information content (AvgIpc) is 2.43. The van der Waals surface area contributed by atoms with Crippen LogP contribution in [-0.2, 0) is 9.84 Å². The van der Waals surface area contributed by atoms with Gasteiger partial charge in [0.1, 0.15) is 6.29 Å². The van der Waals surface area contributed by atoms with Gasteiger partial charge in [-0.1, -0.05) is 65.0 Å². The second-order valence-corrected chi connectivity index (χ2v) is 10.4. The summed E-state index contributed by atoms with van der Waals surface area (Å²) in [5, 5.41) is 10.1. The zero-order valence-corrected chi connectivity index (χ0v) is 16.5. The van der Waals surface area contributed by atoms with Crippen molar-refractivity contribution < 1.29 is 9.53 Å². The maximum absolute atomic E-state index is 10.1. The Morgan fingerprint density at radius 1 is 1.09 bits per heavy atom. The third kappa shape index (κ3) is 5.22. The van der Waals surface area contributed by atoms with Gasteiger partial charge in [0.25, 0.3) is 0 Å². The van der Waals surface area contributed by atoms with Crippen LogP contribution in [0.5, 0.6) is 0 Å². The maximum Gasteiger partial charge on any atom is 0.174 e. The highest BCUT2D eigenvalue weighted by atomic mass is 28.3. The predicted molar refractivity (Wildman–Crippen MR) is 97.6 cm³/mol. The highest BCUT2D eigenvalue weighted by molar-refractivity contribution is 6.48. The Morgan fingerprint density at radius 3 is 2.09 bits per heavy atom. The van der Waals surface area contributed by atoms with E-state index < -0.39 is 15.3 Å². The minimum atomic E-state index is -1.20. The molecule has 2 unspecified atom stereocenters. The van der Waals surface area contributed by atoms with E-state index in [0.29, 0.717) is 12.3 Å². The van der Waals surface area contributed by atoms with E-state index in [2.05, 4.69) is 78.0 Å². The fraction of sp³-hybridized carbons (Fsp3) is 0.684. The van der Waals surface area contributed by atoms with Crippen LogP contribution in [0.3, 0.4) is 0 Å². The van der Waals surface area contributed by atoms with Gasteiger partial charge in [-0.25, -0.2) is 0 Å². The second-order valence-electron chi connectivity index (χ2n) is 8.05. The van der Waals surface area contributed by atoms with E-state index in [1.54, 1.807) is 0 Å². The first-order valence-corrected chi connectivity index (χ1v) is 11.2. The van der Waals surface area contributed by atoms with Crippen LogP contribution in [0.2, 0.25) is 13.1 Å². The molecule has 0 aliphatic heterocycles. The number of hydrogen-bond donors (Lipinski definition) is 1. The molecule has 0 saturated carbocycles. The molecule has 22 heavy (non-hydrogen) atoms. The first kappa shape index (κ1) is 19.4. The molecule has 2 nitrogen and oxygen atoms in total. The van der Waals surface area contributed by atoms with Crippen molar-refractivity contribution in [3.8, 4) is 0 Å². The van der Waals surface area contributed by atoms with Crippen molar-refractivity contribution in [3.05, 3.63) is 35.9 Å². The molecule has 1 aromatic carbocycles. The van der Waals surface area contributed by atoms with Crippen molar-refractivity contribution in [3.63, 3.8) is 0 Å². The Labute approximate surface area is 138 Å². The van der Waals surface area contributed by atoms with Crippen molar-refractivity contribution in [2.75, 3.05) is 0 Å². The quantitative estimate of drug-likeness (QED) is 0.581. The molecule has 1 N–H and O–H groups in total. The molecule has 0 radical (unpaired) electrons. The standard InChI is InChI=1S/C19H34O2Si/c1-15(18(2,3)4)19(5,16-11-9-8-10-12-16)14-13-17(20)21-22(6)7/h8-12,15,17,20,22H,13-14H2,1-7H3/t15?,17?,19-/m0/s1. The Bertz CT molecular complexity index is 438. The minimum absolute atomic E-state index is 0.0301.